The molecular formula is C32H35N3O5S. The normalized spacial score (nSPS) is 17.1. The number of carbonyl (C=O) groups is 3. The molecule has 1 heterocycles. The number of hydrogen-bond donors (Lipinski definition) is 1. The lowest BCUT2D eigenvalue weighted by atomic mass is 9.94. The number of aryl methyl sites for hydroxylation is 1. The average Bonchev–Trinajstić information content (AvgIpc) is 3.16. The van der Waals surface area contributed by atoms with E-state index in [9.17, 15) is 22.8 Å². The molecule has 1 unspecified atom stereocenters. The number of hydrogen-bond acceptors (Lipinski definition) is 5. The molecule has 1 fully saturated rings. The summed E-state index contributed by atoms with van der Waals surface area (Å²) >= 11 is 0. The van der Waals surface area contributed by atoms with Crippen LogP contribution in [-0.2, 0) is 32.6 Å². The second kappa shape index (κ2) is 12.3. The molecule has 41 heavy (non-hydrogen) atoms. The van der Waals surface area contributed by atoms with Gasteiger partial charge < -0.3 is 10.2 Å². The molecule has 1 atom stereocenters. The fraction of sp³-hybridized carbons (Fsp3) is 0.344. The lowest BCUT2D eigenvalue weighted by molar-refractivity contribution is -0.141. The summed E-state index contributed by atoms with van der Waals surface area (Å²) < 4.78 is 27.2. The zero-order valence-corrected chi connectivity index (χ0v) is 24.0. The second-order valence-electron chi connectivity index (χ2n) is 10.9. The third-order valence-corrected chi connectivity index (χ3v) is 9.64. The van der Waals surface area contributed by atoms with E-state index in [0.717, 1.165) is 48.8 Å². The van der Waals surface area contributed by atoms with Crippen molar-refractivity contribution < 1.29 is 22.8 Å². The smallest absolute Gasteiger partial charge is 0.269 e. The molecule has 3 aromatic carbocycles. The molecule has 1 aliphatic heterocycles. The van der Waals surface area contributed by atoms with Gasteiger partial charge >= 0.3 is 0 Å². The fourth-order valence-electron chi connectivity index (χ4n) is 5.71. The minimum atomic E-state index is -4.20. The van der Waals surface area contributed by atoms with Crippen LogP contribution >= 0.6 is 0 Å². The van der Waals surface area contributed by atoms with Crippen molar-refractivity contribution in [2.75, 3.05) is 6.54 Å². The van der Waals surface area contributed by atoms with Gasteiger partial charge in [0.05, 0.1) is 5.56 Å². The minimum absolute atomic E-state index is 0.0282. The summed E-state index contributed by atoms with van der Waals surface area (Å²) in [4.78, 5) is 42.5. The predicted octanol–water partition coefficient (Wildman–Crippen LogP) is 4.23. The topological polar surface area (TPSA) is 104 Å². The third-order valence-electron chi connectivity index (χ3n) is 7.85. The summed E-state index contributed by atoms with van der Waals surface area (Å²) in [5.41, 5.74) is 2.71. The Morgan fingerprint density at radius 1 is 0.927 bits per heavy atom. The van der Waals surface area contributed by atoms with Gasteiger partial charge in [-0.05, 0) is 43.0 Å². The van der Waals surface area contributed by atoms with E-state index in [1.165, 1.54) is 17.0 Å². The number of benzene rings is 3. The van der Waals surface area contributed by atoms with Crippen molar-refractivity contribution in [2.24, 2.45) is 0 Å². The highest BCUT2D eigenvalue weighted by Crippen LogP contribution is 2.30. The van der Waals surface area contributed by atoms with E-state index in [2.05, 4.69) is 5.32 Å². The SMILES string of the molecule is Cc1cccc(CN(C(=O)CN2C(=O)c3ccccc3S2(=O)=O)C(Cc2ccccc2)C(=O)NC2CCCCC2)c1. The van der Waals surface area contributed by atoms with Gasteiger partial charge in [0, 0.05) is 19.0 Å². The molecule has 0 spiro atoms. The summed E-state index contributed by atoms with van der Waals surface area (Å²) in [7, 11) is -4.20. The summed E-state index contributed by atoms with van der Waals surface area (Å²) in [6, 6.07) is 22.2. The zero-order valence-electron chi connectivity index (χ0n) is 23.2. The first-order valence-electron chi connectivity index (χ1n) is 14.1. The summed E-state index contributed by atoms with van der Waals surface area (Å²) in [6.45, 7) is 1.34. The molecule has 9 heteroatoms. The van der Waals surface area contributed by atoms with E-state index < -0.39 is 34.4 Å². The van der Waals surface area contributed by atoms with E-state index in [-0.39, 0.29) is 35.4 Å². The zero-order chi connectivity index (χ0) is 29.0. The first-order chi connectivity index (χ1) is 19.7. The Hall–Kier alpha value is -3.98. The number of amides is 3. The number of carbonyl (C=O) groups excluding carboxylic acids is 3. The van der Waals surface area contributed by atoms with Gasteiger partial charge in [-0.25, -0.2) is 12.7 Å². The molecule has 1 N–H and O–H groups in total. The van der Waals surface area contributed by atoms with Crippen LogP contribution in [0.5, 0.6) is 0 Å². The van der Waals surface area contributed by atoms with Crippen LogP contribution < -0.4 is 5.32 Å². The Bertz CT molecular complexity index is 1530. The number of sulfonamides is 1. The first-order valence-corrected chi connectivity index (χ1v) is 15.5. The van der Waals surface area contributed by atoms with Crippen molar-refractivity contribution in [3.05, 3.63) is 101 Å². The van der Waals surface area contributed by atoms with Gasteiger partial charge in [-0.15, -0.1) is 0 Å². The maximum Gasteiger partial charge on any atom is 0.269 e. The number of fused-ring (bicyclic) bond motifs is 1. The Morgan fingerprint density at radius 2 is 1.61 bits per heavy atom. The van der Waals surface area contributed by atoms with Crippen molar-refractivity contribution in [3.8, 4) is 0 Å². The Morgan fingerprint density at radius 3 is 2.32 bits per heavy atom. The van der Waals surface area contributed by atoms with E-state index >= 15 is 0 Å². The number of nitrogens with one attached hydrogen (secondary N) is 1. The Labute approximate surface area is 241 Å². The molecule has 5 rings (SSSR count). The molecule has 0 bridgehead atoms. The van der Waals surface area contributed by atoms with Crippen molar-refractivity contribution in [1.29, 1.82) is 0 Å². The van der Waals surface area contributed by atoms with Crippen LogP contribution in [0.25, 0.3) is 0 Å². The molecule has 214 valence electrons. The lowest BCUT2D eigenvalue weighted by Gasteiger charge is -2.34. The molecule has 8 nitrogen and oxygen atoms in total. The maximum atomic E-state index is 14.1. The number of nitrogens with zero attached hydrogens (tertiary/aromatic N) is 2. The highest BCUT2D eigenvalue weighted by atomic mass is 32.2. The largest absolute Gasteiger partial charge is 0.352 e. The van der Waals surface area contributed by atoms with Gasteiger partial charge in [-0.3, -0.25) is 14.4 Å². The summed E-state index contributed by atoms with van der Waals surface area (Å²) in [5, 5.41) is 3.17. The Kier molecular flexibility index (Phi) is 8.54. The second-order valence-corrected chi connectivity index (χ2v) is 12.7. The molecular weight excluding hydrogens is 538 g/mol. The maximum absolute atomic E-state index is 14.1. The van der Waals surface area contributed by atoms with E-state index in [4.69, 9.17) is 0 Å². The molecule has 0 radical (unpaired) electrons. The van der Waals surface area contributed by atoms with Crippen LogP contribution in [-0.4, -0.2) is 54.0 Å². The third kappa shape index (κ3) is 6.35. The van der Waals surface area contributed by atoms with Crippen LogP contribution in [0.3, 0.4) is 0 Å². The summed E-state index contributed by atoms with van der Waals surface area (Å²) in [6.07, 6.45) is 5.23. The van der Waals surface area contributed by atoms with Crippen molar-refractivity contribution in [3.63, 3.8) is 0 Å². The van der Waals surface area contributed by atoms with Gasteiger partial charge in [-0.1, -0.05) is 91.6 Å². The standard InChI is InChI=1S/C32H35N3O5S/c1-23-11-10-14-25(19-23)21-34(30(36)22-35-32(38)27-17-8-9-18-29(27)41(35,39)40)28(20-24-12-4-2-5-13-24)31(37)33-26-15-6-3-7-16-26/h2,4-5,8-14,17-19,26,28H,3,6-7,15-16,20-22H2,1H3,(H,33,37). The minimum Gasteiger partial charge on any atom is -0.352 e. The monoisotopic (exact) mass is 573 g/mol. The van der Waals surface area contributed by atoms with E-state index in [1.54, 1.807) is 12.1 Å². The average molecular weight is 574 g/mol. The quantitative estimate of drug-likeness (QED) is 0.413. The van der Waals surface area contributed by atoms with E-state index in [0.29, 0.717) is 4.31 Å². The van der Waals surface area contributed by atoms with Gasteiger partial charge in [0.1, 0.15) is 17.5 Å². The van der Waals surface area contributed by atoms with Gasteiger partial charge in [0.2, 0.25) is 11.8 Å². The van der Waals surface area contributed by atoms with Crippen LogP contribution in [0.2, 0.25) is 0 Å². The highest BCUT2D eigenvalue weighted by Gasteiger charge is 2.43. The van der Waals surface area contributed by atoms with Crippen molar-refractivity contribution in [1.82, 2.24) is 14.5 Å². The Balaban J connectivity index is 1.49. The van der Waals surface area contributed by atoms with Crippen molar-refractivity contribution >= 4 is 27.7 Å². The molecule has 1 saturated carbocycles. The fourth-order valence-corrected chi connectivity index (χ4v) is 7.22. The molecule has 3 aromatic rings. The highest BCUT2D eigenvalue weighted by molar-refractivity contribution is 7.90. The molecule has 0 saturated heterocycles. The molecule has 2 aliphatic rings. The van der Waals surface area contributed by atoms with Gasteiger partial charge in [0.25, 0.3) is 15.9 Å². The van der Waals surface area contributed by atoms with Crippen molar-refractivity contribution in [2.45, 2.75) is 69.0 Å². The van der Waals surface area contributed by atoms with Crippen LogP contribution in [0.1, 0.15) is 59.2 Å². The molecule has 3 amide bonds. The summed E-state index contributed by atoms with van der Waals surface area (Å²) in [5.74, 6) is -1.63. The molecule has 1 aliphatic carbocycles. The van der Waals surface area contributed by atoms with Crippen LogP contribution in [0.15, 0.2) is 83.8 Å². The van der Waals surface area contributed by atoms with E-state index in [1.807, 2.05) is 61.5 Å². The first kappa shape index (κ1) is 28.5. The number of rotatable bonds is 9. The van der Waals surface area contributed by atoms with Gasteiger partial charge in [-0.2, -0.15) is 0 Å². The lowest BCUT2D eigenvalue weighted by Crippen LogP contribution is -2.55. The van der Waals surface area contributed by atoms with Crippen LogP contribution in [0, 0.1) is 6.92 Å². The predicted molar refractivity (Wildman–Crippen MR) is 155 cm³/mol. The molecule has 0 aromatic heterocycles. The van der Waals surface area contributed by atoms with Crippen LogP contribution in [0.4, 0.5) is 0 Å². The van der Waals surface area contributed by atoms with Gasteiger partial charge in [0.15, 0.2) is 0 Å².